The molecule has 1 aromatic rings. The van der Waals surface area contributed by atoms with Gasteiger partial charge in [0.25, 0.3) is 0 Å². The first kappa shape index (κ1) is 14.3. The Morgan fingerprint density at radius 1 is 1.26 bits per heavy atom. The van der Waals surface area contributed by atoms with E-state index in [0.29, 0.717) is 6.10 Å². The fourth-order valence-electron chi connectivity index (χ4n) is 2.66. The van der Waals surface area contributed by atoms with Crippen LogP contribution in [0.15, 0.2) is 18.3 Å². The molecule has 0 spiro atoms. The summed E-state index contributed by atoms with van der Waals surface area (Å²) in [5, 5.41) is 3.19. The first-order valence-electron chi connectivity index (χ1n) is 7.40. The van der Waals surface area contributed by atoms with Crippen LogP contribution < -0.4 is 10.1 Å². The summed E-state index contributed by atoms with van der Waals surface area (Å²) < 4.78 is 6.06. The zero-order valence-electron chi connectivity index (χ0n) is 12.5. The molecule has 0 bridgehead atoms. The Morgan fingerprint density at radius 3 is 2.63 bits per heavy atom. The van der Waals surface area contributed by atoms with Crippen molar-refractivity contribution in [3.63, 3.8) is 0 Å². The molecule has 1 aliphatic carbocycles. The van der Waals surface area contributed by atoms with Gasteiger partial charge in [0, 0.05) is 6.04 Å². The largest absolute Gasteiger partial charge is 0.489 e. The second kappa shape index (κ2) is 6.38. The van der Waals surface area contributed by atoms with E-state index in [1.807, 2.05) is 25.4 Å². The number of nitrogens with one attached hydrogen (secondary N) is 1. The van der Waals surface area contributed by atoms with Crippen LogP contribution >= 0.6 is 0 Å². The molecule has 1 N–H and O–H groups in total. The van der Waals surface area contributed by atoms with E-state index in [-0.39, 0.29) is 6.04 Å². The molecule has 4 unspecified atom stereocenters. The Morgan fingerprint density at radius 2 is 2.05 bits per heavy atom. The SMILES string of the molecule is CNC(C)c1ccc(OC2CCC(C)C(C)C2)cn1. The van der Waals surface area contributed by atoms with E-state index >= 15 is 0 Å². The van der Waals surface area contributed by atoms with Crippen molar-refractivity contribution < 1.29 is 4.74 Å². The molecule has 1 aliphatic rings. The maximum atomic E-state index is 6.06. The van der Waals surface area contributed by atoms with Crippen molar-refractivity contribution in [2.45, 2.75) is 52.2 Å². The molecule has 0 aliphatic heterocycles. The lowest BCUT2D eigenvalue weighted by Crippen LogP contribution is -2.28. The predicted octanol–water partition coefficient (Wildman–Crippen LogP) is 3.57. The van der Waals surface area contributed by atoms with Crippen molar-refractivity contribution in [2.75, 3.05) is 7.05 Å². The monoisotopic (exact) mass is 262 g/mol. The van der Waals surface area contributed by atoms with Crippen LogP contribution in [0.1, 0.15) is 51.8 Å². The third-order valence-corrected chi connectivity index (χ3v) is 4.49. The average Bonchev–Trinajstić information content (AvgIpc) is 2.43. The first-order chi connectivity index (χ1) is 9.10. The third-order valence-electron chi connectivity index (χ3n) is 4.49. The lowest BCUT2D eigenvalue weighted by molar-refractivity contribution is 0.100. The van der Waals surface area contributed by atoms with Gasteiger partial charge in [-0.05, 0) is 57.2 Å². The van der Waals surface area contributed by atoms with Crippen LogP contribution in [0.25, 0.3) is 0 Å². The maximum Gasteiger partial charge on any atom is 0.138 e. The lowest BCUT2D eigenvalue weighted by atomic mass is 9.80. The van der Waals surface area contributed by atoms with E-state index in [2.05, 4.69) is 31.1 Å². The predicted molar refractivity (Wildman–Crippen MR) is 78.3 cm³/mol. The Labute approximate surface area is 116 Å². The molecule has 4 atom stereocenters. The molecule has 0 radical (unpaired) electrons. The van der Waals surface area contributed by atoms with Crippen molar-refractivity contribution >= 4 is 0 Å². The molecule has 0 amide bonds. The van der Waals surface area contributed by atoms with Crippen molar-refractivity contribution in [3.05, 3.63) is 24.0 Å². The van der Waals surface area contributed by atoms with Crippen molar-refractivity contribution in [1.82, 2.24) is 10.3 Å². The number of aromatic nitrogens is 1. The normalized spacial score (nSPS) is 28.9. The molecule has 0 saturated heterocycles. The van der Waals surface area contributed by atoms with Gasteiger partial charge in [0.2, 0.25) is 0 Å². The van der Waals surface area contributed by atoms with Gasteiger partial charge in [-0.2, -0.15) is 0 Å². The molecular formula is C16H26N2O. The highest BCUT2D eigenvalue weighted by molar-refractivity contribution is 5.21. The number of pyridine rings is 1. The van der Waals surface area contributed by atoms with Gasteiger partial charge in [-0.1, -0.05) is 13.8 Å². The maximum absolute atomic E-state index is 6.06. The van der Waals surface area contributed by atoms with Crippen LogP contribution in [0.3, 0.4) is 0 Å². The Kier molecular flexibility index (Phi) is 4.81. The second-order valence-electron chi connectivity index (χ2n) is 5.94. The van der Waals surface area contributed by atoms with Crippen LogP contribution in [0.5, 0.6) is 5.75 Å². The molecule has 1 fully saturated rings. The van der Waals surface area contributed by atoms with Crippen molar-refractivity contribution in [1.29, 1.82) is 0 Å². The summed E-state index contributed by atoms with van der Waals surface area (Å²) in [6.45, 7) is 6.78. The number of ether oxygens (including phenoxy) is 1. The first-order valence-corrected chi connectivity index (χ1v) is 7.40. The van der Waals surface area contributed by atoms with E-state index in [9.17, 15) is 0 Å². The van der Waals surface area contributed by atoms with Gasteiger partial charge in [0.05, 0.1) is 18.0 Å². The third kappa shape index (κ3) is 3.69. The molecule has 2 rings (SSSR count). The van der Waals surface area contributed by atoms with Gasteiger partial charge in [0.1, 0.15) is 5.75 Å². The molecule has 1 heterocycles. The summed E-state index contributed by atoms with van der Waals surface area (Å²) >= 11 is 0. The van der Waals surface area contributed by atoms with Crippen LogP contribution in [0.2, 0.25) is 0 Å². The van der Waals surface area contributed by atoms with Gasteiger partial charge < -0.3 is 10.1 Å². The minimum Gasteiger partial charge on any atom is -0.489 e. The number of hydrogen-bond acceptors (Lipinski definition) is 3. The number of hydrogen-bond donors (Lipinski definition) is 1. The summed E-state index contributed by atoms with van der Waals surface area (Å²) in [4.78, 5) is 4.46. The summed E-state index contributed by atoms with van der Waals surface area (Å²) in [5.74, 6) is 2.49. The topological polar surface area (TPSA) is 34.1 Å². The minimum atomic E-state index is 0.282. The second-order valence-corrected chi connectivity index (χ2v) is 5.94. The van der Waals surface area contributed by atoms with Gasteiger partial charge >= 0.3 is 0 Å². The van der Waals surface area contributed by atoms with Gasteiger partial charge in [-0.15, -0.1) is 0 Å². The molecule has 3 nitrogen and oxygen atoms in total. The molecule has 19 heavy (non-hydrogen) atoms. The van der Waals surface area contributed by atoms with Crippen LogP contribution in [-0.2, 0) is 0 Å². The van der Waals surface area contributed by atoms with Crippen molar-refractivity contribution in [3.8, 4) is 5.75 Å². The summed E-state index contributed by atoms with van der Waals surface area (Å²) in [7, 11) is 1.95. The summed E-state index contributed by atoms with van der Waals surface area (Å²) in [6.07, 6.45) is 5.82. The highest BCUT2D eigenvalue weighted by atomic mass is 16.5. The molecular weight excluding hydrogens is 236 g/mol. The molecule has 0 aromatic carbocycles. The number of nitrogens with zero attached hydrogens (tertiary/aromatic N) is 1. The van der Waals surface area contributed by atoms with E-state index in [4.69, 9.17) is 4.74 Å². The quantitative estimate of drug-likeness (QED) is 0.900. The summed E-state index contributed by atoms with van der Waals surface area (Å²) in [5.41, 5.74) is 1.06. The zero-order valence-corrected chi connectivity index (χ0v) is 12.5. The Bertz CT molecular complexity index is 390. The molecule has 1 aromatic heterocycles. The number of rotatable bonds is 4. The van der Waals surface area contributed by atoms with Crippen LogP contribution in [-0.4, -0.2) is 18.1 Å². The van der Waals surface area contributed by atoms with E-state index < -0.39 is 0 Å². The smallest absolute Gasteiger partial charge is 0.138 e. The van der Waals surface area contributed by atoms with Gasteiger partial charge in [-0.3, -0.25) is 4.98 Å². The Hall–Kier alpha value is -1.09. The zero-order chi connectivity index (χ0) is 13.8. The fourth-order valence-corrected chi connectivity index (χ4v) is 2.66. The van der Waals surface area contributed by atoms with E-state index in [0.717, 1.165) is 29.7 Å². The lowest BCUT2D eigenvalue weighted by Gasteiger charge is -2.32. The minimum absolute atomic E-state index is 0.282. The standard InChI is InChI=1S/C16H26N2O/c1-11-5-6-14(9-12(11)2)19-15-7-8-16(18-10-15)13(3)17-4/h7-8,10-14,17H,5-6,9H2,1-4H3. The van der Waals surface area contributed by atoms with Gasteiger partial charge in [-0.25, -0.2) is 0 Å². The van der Waals surface area contributed by atoms with E-state index in [1.165, 1.54) is 12.8 Å². The van der Waals surface area contributed by atoms with Gasteiger partial charge in [0.15, 0.2) is 0 Å². The Balaban J connectivity index is 1.93. The fraction of sp³-hybridized carbons (Fsp3) is 0.688. The molecule has 106 valence electrons. The average molecular weight is 262 g/mol. The highest BCUT2D eigenvalue weighted by Gasteiger charge is 2.25. The van der Waals surface area contributed by atoms with Crippen LogP contribution in [0.4, 0.5) is 0 Å². The summed E-state index contributed by atoms with van der Waals surface area (Å²) in [6, 6.07) is 4.37. The van der Waals surface area contributed by atoms with E-state index in [1.54, 1.807) is 0 Å². The highest BCUT2D eigenvalue weighted by Crippen LogP contribution is 2.31. The molecule has 1 saturated carbocycles. The van der Waals surface area contributed by atoms with Crippen LogP contribution in [0, 0.1) is 11.8 Å². The molecule has 3 heteroatoms. The van der Waals surface area contributed by atoms with Crippen molar-refractivity contribution in [2.24, 2.45) is 11.8 Å².